The molecule has 3 aliphatic rings. The highest BCUT2D eigenvalue weighted by Crippen LogP contribution is 2.49. The number of carbonyl (C=O) groups is 2. The first kappa shape index (κ1) is 21.0. The molecular weight excluding hydrogens is 364 g/mol. The summed E-state index contributed by atoms with van der Waals surface area (Å²) in [6, 6.07) is 0. The van der Waals surface area contributed by atoms with Gasteiger partial charge in [0.2, 0.25) is 0 Å². The Bertz CT molecular complexity index is 712. The van der Waals surface area contributed by atoms with Crippen molar-refractivity contribution in [2.24, 2.45) is 17.8 Å². The van der Waals surface area contributed by atoms with Gasteiger partial charge in [-0.3, -0.25) is 9.59 Å². The van der Waals surface area contributed by atoms with Gasteiger partial charge in [0.05, 0.1) is 23.5 Å². The van der Waals surface area contributed by atoms with Crippen LogP contribution in [0.2, 0.25) is 0 Å². The maximum Gasteiger partial charge on any atom is 0.313 e. The highest BCUT2D eigenvalue weighted by Gasteiger charge is 2.58. The van der Waals surface area contributed by atoms with Gasteiger partial charge in [-0.2, -0.15) is 0 Å². The number of fused-ring (bicyclic) bond motifs is 3. The van der Waals surface area contributed by atoms with Gasteiger partial charge < -0.3 is 24.1 Å². The summed E-state index contributed by atoms with van der Waals surface area (Å²) in [5.74, 6) is -3.36. The van der Waals surface area contributed by atoms with E-state index in [1.54, 1.807) is 26.8 Å². The molecule has 0 amide bonds. The van der Waals surface area contributed by atoms with E-state index >= 15 is 0 Å². The van der Waals surface area contributed by atoms with Crippen LogP contribution in [0, 0.1) is 17.8 Å². The molecule has 6 atom stereocenters. The standard InChI is InChI=1S/C21H30O7/c1-11(2)18(23)27-15-8-20(5)16(22)9-21(25-6,28-20)13(4)7-14-17(15)12(3)10-26-19(14)24/h7,11,14-17,22H,3,8-10H2,1-2,4-6H3/t14-,15-,16+,17+,20-,21-/m1/s1. The molecule has 7 heteroatoms. The first-order valence-corrected chi connectivity index (χ1v) is 9.70. The molecule has 0 spiro atoms. The highest BCUT2D eigenvalue weighted by atomic mass is 16.7. The van der Waals surface area contributed by atoms with Gasteiger partial charge in [0.1, 0.15) is 12.7 Å². The molecule has 0 aromatic rings. The van der Waals surface area contributed by atoms with Crippen LogP contribution in [0.4, 0.5) is 0 Å². The third kappa shape index (κ3) is 3.40. The monoisotopic (exact) mass is 394 g/mol. The van der Waals surface area contributed by atoms with Crippen molar-refractivity contribution in [3.05, 3.63) is 23.8 Å². The minimum Gasteiger partial charge on any atom is -0.461 e. The first-order chi connectivity index (χ1) is 13.0. The van der Waals surface area contributed by atoms with E-state index in [9.17, 15) is 14.7 Å². The van der Waals surface area contributed by atoms with Crippen LogP contribution in [0.3, 0.4) is 0 Å². The molecule has 1 N–H and O–H groups in total. The van der Waals surface area contributed by atoms with Crippen LogP contribution in [-0.2, 0) is 28.5 Å². The zero-order valence-electron chi connectivity index (χ0n) is 17.2. The van der Waals surface area contributed by atoms with E-state index in [4.69, 9.17) is 18.9 Å². The lowest BCUT2D eigenvalue weighted by atomic mass is 9.74. The van der Waals surface area contributed by atoms with Crippen molar-refractivity contribution < 1.29 is 33.6 Å². The number of aliphatic hydroxyl groups is 1. The molecular formula is C21H30O7. The third-order valence-corrected chi connectivity index (χ3v) is 6.20. The quantitative estimate of drug-likeness (QED) is 0.579. The number of esters is 2. The van der Waals surface area contributed by atoms with Crippen molar-refractivity contribution >= 4 is 11.9 Å². The van der Waals surface area contributed by atoms with Crippen LogP contribution in [0.15, 0.2) is 23.8 Å². The summed E-state index contributed by atoms with van der Waals surface area (Å²) in [6.07, 6.45) is 0.680. The molecule has 0 aromatic heterocycles. The largest absolute Gasteiger partial charge is 0.461 e. The van der Waals surface area contributed by atoms with Crippen molar-refractivity contribution in [1.82, 2.24) is 0 Å². The predicted octanol–water partition coefficient (Wildman–Crippen LogP) is 2.13. The van der Waals surface area contributed by atoms with Gasteiger partial charge in [0.15, 0.2) is 5.79 Å². The second kappa shape index (κ2) is 7.28. The van der Waals surface area contributed by atoms with Crippen LogP contribution in [0.25, 0.3) is 0 Å². The Morgan fingerprint density at radius 2 is 2.07 bits per heavy atom. The second-order valence-corrected chi connectivity index (χ2v) is 8.59. The predicted molar refractivity (Wildman–Crippen MR) is 100 cm³/mol. The Kier molecular flexibility index (Phi) is 5.47. The molecule has 0 saturated carbocycles. The summed E-state index contributed by atoms with van der Waals surface area (Å²) in [6.45, 7) is 11.3. The van der Waals surface area contributed by atoms with Crippen LogP contribution < -0.4 is 0 Å². The lowest BCUT2D eigenvalue weighted by molar-refractivity contribution is -0.223. The molecule has 2 fully saturated rings. The Morgan fingerprint density at radius 1 is 1.39 bits per heavy atom. The second-order valence-electron chi connectivity index (χ2n) is 8.59. The topological polar surface area (TPSA) is 91.3 Å². The Morgan fingerprint density at radius 3 is 2.68 bits per heavy atom. The maximum absolute atomic E-state index is 12.6. The number of hydrogen-bond donors (Lipinski definition) is 1. The van der Waals surface area contributed by atoms with Gasteiger partial charge >= 0.3 is 11.9 Å². The van der Waals surface area contributed by atoms with Crippen LogP contribution in [0.1, 0.15) is 40.5 Å². The van der Waals surface area contributed by atoms with Crippen molar-refractivity contribution in [3.63, 3.8) is 0 Å². The fourth-order valence-electron chi connectivity index (χ4n) is 4.41. The molecule has 3 aliphatic heterocycles. The summed E-state index contributed by atoms with van der Waals surface area (Å²) in [4.78, 5) is 25.0. The summed E-state index contributed by atoms with van der Waals surface area (Å²) < 4.78 is 23.1. The number of cyclic esters (lactones) is 1. The Labute approximate surface area is 165 Å². The average molecular weight is 394 g/mol. The van der Waals surface area contributed by atoms with E-state index in [0.717, 1.165) is 0 Å². The summed E-state index contributed by atoms with van der Waals surface area (Å²) in [7, 11) is 1.51. The molecule has 3 rings (SSSR count). The van der Waals surface area contributed by atoms with E-state index in [0.29, 0.717) is 11.1 Å². The summed E-state index contributed by atoms with van der Waals surface area (Å²) >= 11 is 0. The fraction of sp³-hybridized carbons (Fsp3) is 0.714. The van der Waals surface area contributed by atoms with Gasteiger partial charge in [0.25, 0.3) is 0 Å². The zero-order chi connectivity index (χ0) is 20.9. The fourth-order valence-corrected chi connectivity index (χ4v) is 4.41. The number of carbonyl (C=O) groups excluding carboxylic acids is 2. The third-order valence-electron chi connectivity index (χ3n) is 6.20. The molecule has 2 saturated heterocycles. The normalized spacial score (nSPS) is 40.8. The average Bonchev–Trinajstić information content (AvgIpc) is 2.90. The van der Waals surface area contributed by atoms with Crippen molar-refractivity contribution in [3.8, 4) is 0 Å². The molecule has 28 heavy (non-hydrogen) atoms. The molecule has 7 nitrogen and oxygen atoms in total. The van der Waals surface area contributed by atoms with E-state index in [1.807, 2.05) is 6.92 Å². The lowest BCUT2D eigenvalue weighted by Gasteiger charge is -2.39. The number of aliphatic hydroxyl groups excluding tert-OH is 1. The lowest BCUT2D eigenvalue weighted by Crippen LogP contribution is -2.47. The van der Waals surface area contributed by atoms with Crippen LogP contribution in [0.5, 0.6) is 0 Å². The van der Waals surface area contributed by atoms with E-state index in [1.165, 1.54) is 7.11 Å². The van der Waals surface area contributed by atoms with Gasteiger partial charge in [-0.05, 0) is 25.0 Å². The molecule has 2 bridgehead atoms. The molecule has 0 unspecified atom stereocenters. The zero-order valence-corrected chi connectivity index (χ0v) is 17.2. The summed E-state index contributed by atoms with van der Waals surface area (Å²) in [5.41, 5.74) is 0.344. The number of methoxy groups -OCH3 is 1. The van der Waals surface area contributed by atoms with Crippen molar-refractivity contribution in [1.29, 1.82) is 0 Å². The van der Waals surface area contributed by atoms with E-state index < -0.39 is 41.4 Å². The molecule has 156 valence electrons. The number of ether oxygens (including phenoxy) is 4. The molecule has 0 aliphatic carbocycles. The first-order valence-electron chi connectivity index (χ1n) is 9.70. The van der Waals surface area contributed by atoms with Crippen LogP contribution in [-0.4, -0.2) is 54.4 Å². The van der Waals surface area contributed by atoms with Gasteiger partial charge in [-0.25, -0.2) is 0 Å². The Balaban J connectivity index is 2.12. The molecule has 0 radical (unpaired) electrons. The van der Waals surface area contributed by atoms with Crippen molar-refractivity contribution in [2.45, 2.75) is 64.1 Å². The van der Waals surface area contributed by atoms with E-state index in [2.05, 4.69) is 6.58 Å². The van der Waals surface area contributed by atoms with Gasteiger partial charge in [-0.15, -0.1) is 0 Å². The molecule has 3 heterocycles. The van der Waals surface area contributed by atoms with Crippen LogP contribution >= 0.6 is 0 Å². The van der Waals surface area contributed by atoms with Gasteiger partial charge in [-0.1, -0.05) is 26.5 Å². The summed E-state index contributed by atoms with van der Waals surface area (Å²) in [5, 5.41) is 10.8. The SMILES string of the molecule is C=C1COC(=O)[C@@H]2C=C(C)[C@@]3(OC)C[C@H](O)[C@@](C)(C[C@@H](OC(=O)C(C)C)[C@@H]12)O3. The highest BCUT2D eigenvalue weighted by molar-refractivity contribution is 5.77. The smallest absolute Gasteiger partial charge is 0.313 e. The number of hydrogen-bond acceptors (Lipinski definition) is 7. The van der Waals surface area contributed by atoms with E-state index in [-0.39, 0.29) is 31.3 Å². The van der Waals surface area contributed by atoms with Gasteiger partial charge in [0, 0.05) is 25.9 Å². The maximum atomic E-state index is 12.6. The molecule has 0 aromatic carbocycles. The minimum atomic E-state index is -1.14. The Hall–Kier alpha value is -1.70. The van der Waals surface area contributed by atoms with Crippen molar-refractivity contribution in [2.75, 3.05) is 13.7 Å². The number of rotatable bonds is 3. The minimum absolute atomic E-state index is 0.0815.